The maximum Gasteiger partial charge on any atom is 0.310 e. The molecule has 0 amide bonds. The Hall–Kier alpha value is -0.800. The van der Waals surface area contributed by atoms with Crippen LogP contribution in [0.2, 0.25) is 0 Å². The molecule has 0 heterocycles. The molecule has 2 aliphatic rings. The first-order valence-corrected chi connectivity index (χ1v) is 8.98. The number of carbonyl (C=O) groups is 1. The van der Waals surface area contributed by atoms with E-state index in [1.54, 1.807) is 0 Å². The summed E-state index contributed by atoms with van der Waals surface area (Å²) in [4.78, 5) is 15.0. The summed E-state index contributed by atoms with van der Waals surface area (Å²) in [5.41, 5.74) is 0. The molecular weight excluding hydrogens is 310 g/mol. The molecule has 2 aliphatic carbocycles. The predicted molar refractivity (Wildman–Crippen MR) is 97.8 cm³/mol. The Balaban J connectivity index is 0.00000264. The smallest absolute Gasteiger partial charge is 0.310 e. The largest absolute Gasteiger partial charge is 0.464 e. The van der Waals surface area contributed by atoms with Gasteiger partial charge in [-0.15, -0.1) is 12.4 Å². The van der Waals surface area contributed by atoms with Crippen LogP contribution in [0.15, 0.2) is 24.3 Å². The van der Waals surface area contributed by atoms with Crippen molar-refractivity contribution in [2.75, 3.05) is 26.2 Å². The molecule has 0 N–H and O–H groups in total. The quantitative estimate of drug-likeness (QED) is 0.488. The molecule has 0 spiro atoms. The van der Waals surface area contributed by atoms with Gasteiger partial charge in [-0.3, -0.25) is 4.79 Å². The average molecular weight is 342 g/mol. The fraction of sp³-hybridized carbons (Fsp3) is 0.737. The molecule has 3 unspecified atom stereocenters. The molecule has 2 rings (SSSR count). The Labute approximate surface area is 147 Å². The van der Waals surface area contributed by atoms with E-state index in [-0.39, 0.29) is 24.3 Å². The second kappa shape index (κ2) is 10.9. The number of carbonyl (C=O) groups excluding carboxylic acids is 1. The van der Waals surface area contributed by atoms with Gasteiger partial charge in [0.25, 0.3) is 0 Å². The standard InChI is InChI=1S/C19H31NO2.ClH/c1-3-20(4-2)14-15-22-19(21)18(17-12-8-9-13-17)16-10-6-5-7-11-16;/h6,8,10,12,16-18H,3-5,7,9,11,13-15H2,1-2H3;1H. The molecule has 0 saturated carbocycles. The summed E-state index contributed by atoms with van der Waals surface area (Å²) in [7, 11) is 0. The van der Waals surface area contributed by atoms with Crippen LogP contribution in [-0.4, -0.2) is 37.1 Å². The van der Waals surface area contributed by atoms with Crippen molar-refractivity contribution in [3.05, 3.63) is 24.3 Å². The lowest BCUT2D eigenvalue weighted by molar-refractivity contribution is -0.152. The molecule has 0 aliphatic heterocycles. The highest BCUT2D eigenvalue weighted by Crippen LogP contribution is 2.36. The van der Waals surface area contributed by atoms with E-state index in [2.05, 4.69) is 43.1 Å². The minimum Gasteiger partial charge on any atom is -0.464 e. The third-order valence-corrected chi connectivity index (χ3v) is 5.08. The van der Waals surface area contributed by atoms with E-state index in [1.165, 1.54) is 6.42 Å². The van der Waals surface area contributed by atoms with Crippen molar-refractivity contribution in [3.63, 3.8) is 0 Å². The van der Waals surface area contributed by atoms with Crippen LogP contribution in [0.1, 0.15) is 46.0 Å². The van der Waals surface area contributed by atoms with Crippen LogP contribution < -0.4 is 0 Å². The first-order chi connectivity index (χ1) is 10.8. The van der Waals surface area contributed by atoms with E-state index >= 15 is 0 Å². The highest BCUT2D eigenvalue weighted by atomic mass is 35.5. The molecular formula is C19H32ClNO2. The molecule has 3 nitrogen and oxygen atoms in total. The second-order valence-electron chi connectivity index (χ2n) is 6.41. The molecule has 0 fully saturated rings. The lowest BCUT2D eigenvalue weighted by Gasteiger charge is -2.29. The number of esters is 1. The summed E-state index contributed by atoms with van der Waals surface area (Å²) in [5, 5.41) is 0. The number of likely N-dealkylation sites (N-methyl/N-ethyl adjacent to an activating group) is 1. The van der Waals surface area contributed by atoms with Crippen LogP contribution >= 0.6 is 12.4 Å². The number of nitrogens with zero attached hydrogens (tertiary/aromatic N) is 1. The van der Waals surface area contributed by atoms with Gasteiger partial charge in [0, 0.05) is 6.54 Å². The van der Waals surface area contributed by atoms with Crippen LogP contribution in [-0.2, 0) is 9.53 Å². The molecule has 0 radical (unpaired) electrons. The van der Waals surface area contributed by atoms with Crippen molar-refractivity contribution >= 4 is 18.4 Å². The van der Waals surface area contributed by atoms with Gasteiger partial charge in [0.05, 0.1) is 5.92 Å². The van der Waals surface area contributed by atoms with E-state index in [9.17, 15) is 4.79 Å². The number of hydrogen-bond donors (Lipinski definition) is 0. The molecule has 4 heteroatoms. The Morgan fingerprint density at radius 3 is 2.35 bits per heavy atom. The monoisotopic (exact) mass is 341 g/mol. The fourth-order valence-corrected chi connectivity index (χ4v) is 3.67. The van der Waals surface area contributed by atoms with Crippen molar-refractivity contribution < 1.29 is 9.53 Å². The van der Waals surface area contributed by atoms with Crippen LogP contribution in [0, 0.1) is 17.8 Å². The van der Waals surface area contributed by atoms with Crippen LogP contribution in [0.25, 0.3) is 0 Å². The van der Waals surface area contributed by atoms with Crippen molar-refractivity contribution in [2.24, 2.45) is 17.8 Å². The molecule has 0 aromatic heterocycles. The van der Waals surface area contributed by atoms with Crippen molar-refractivity contribution in [1.29, 1.82) is 0 Å². The zero-order chi connectivity index (χ0) is 15.8. The van der Waals surface area contributed by atoms with Crippen LogP contribution in [0.5, 0.6) is 0 Å². The molecule has 132 valence electrons. The summed E-state index contributed by atoms with van der Waals surface area (Å²) < 4.78 is 5.66. The molecule has 0 aromatic carbocycles. The number of rotatable bonds is 8. The number of hydrogen-bond acceptors (Lipinski definition) is 3. The van der Waals surface area contributed by atoms with Gasteiger partial charge >= 0.3 is 5.97 Å². The topological polar surface area (TPSA) is 29.5 Å². The van der Waals surface area contributed by atoms with Gasteiger partial charge < -0.3 is 9.64 Å². The Morgan fingerprint density at radius 1 is 1.13 bits per heavy atom. The van der Waals surface area contributed by atoms with Crippen molar-refractivity contribution in [1.82, 2.24) is 4.90 Å². The van der Waals surface area contributed by atoms with E-state index in [0.717, 1.165) is 45.3 Å². The Bertz CT molecular complexity index is 404. The summed E-state index contributed by atoms with van der Waals surface area (Å²) in [5.74, 6) is 0.767. The minimum absolute atomic E-state index is 0. The van der Waals surface area contributed by atoms with E-state index in [4.69, 9.17) is 4.74 Å². The zero-order valence-corrected chi connectivity index (χ0v) is 15.4. The van der Waals surface area contributed by atoms with E-state index in [1.807, 2.05) is 0 Å². The molecule has 0 aromatic rings. The Kier molecular flexibility index (Phi) is 9.57. The van der Waals surface area contributed by atoms with Gasteiger partial charge in [-0.1, -0.05) is 38.2 Å². The van der Waals surface area contributed by atoms with Gasteiger partial charge in [-0.2, -0.15) is 0 Å². The van der Waals surface area contributed by atoms with Gasteiger partial charge in [0.1, 0.15) is 6.61 Å². The van der Waals surface area contributed by atoms with Gasteiger partial charge in [-0.05, 0) is 57.0 Å². The Morgan fingerprint density at radius 2 is 1.78 bits per heavy atom. The lowest BCUT2D eigenvalue weighted by atomic mass is 9.77. The molecule has 0 saturated heterocycles. The lowest BCUT2D eigenvalue weighted by Crippen LogP contribution is -2.34. The maximum atomic E-state index is 12.7. The minimum atomic E-state index is 0. The maximum absolute atomic E-state index is 12.7. The van der Waals surface area contributed by atoms with Crippen LogP contribution in [0.3, 0.4) is 0 Å². The van der Waals surface area contributed by atoms with Gasteiger partial charge in [0.15, 0.2) is 0 Å². The normalized spacial score (nSPS) is 24.5. The number of ether oxygens (including phenoxy) is 1. The van der Waals surface area contributed by atoms with Crippen molar-refractivity contribution in [2.45, 2.75) is 46.0 Å². The third kappa shape index (κ3) is 5.96. The predicted octanol–water partition coefficient (Wildman–Crippen LogP) is 4.23. The first-order valence-electron chi connectivity index (χ1n) is 8.98. The second-order valence-corrected chi connectivity index (χ2v) is 6.41. The van der Waals surface area contributed by atoms with Crippen LogP contribution in [0.4, 0.5) is 0 Å². The molecule has 3 atom stereocenters. The summed E-state index contributed by atoms with van der Waals surface area (Å²) in [6.07, 6.45) is 14.6. The third-order valence-electron chi connectivity index (χ3n) is 5.08. The molecule has 23 heavy (non-hydrogen) atoms. The summed E-state index contributed by atoms with van der Waals surface area (Å²) >= 11 is 0. The average Bonchev–Trinajstić information content (AvgIpc) is 3.07. The summed E-state index contributed by atoms with van der Waals surface area (Å²) in [6.45, 7) is 7.66. The van der Waals surface area contributed by atoms with Gasteiger partial charge in [-0.25, -0.2) is 0 Å². The molecule has 0 bridgehead atoms. The highest BCUT2D eigenvalue weighted by Gasteiger charge is 2.35. The number of halogens is 1. The number of allylic oxidation sites excluding steroid dienone is 4. The first kappa shape index (κ1) is 20.2. The van der Waals surface area contributed by atoms with E-state index < -0.39 is 0 Å². The zero-order valence-electron chi connectivity index (χ0n) is 14.6. The van der Waals surface area contributed by atoms with Gasteiger partial charge in [0.2, 0.25) is 0 Å². The fourth-order valence-electron chi connectivity index (χ4n) is 3.67. The highest BCUT2D eigenvalue weighted by molar-refractivity contribution is 5.85. The van der Waals surface area contributed by atoms with Crippen molar-refractivity contribution in [3.8, 4) is 0 Å². The SMILES string of the molecule is CCN(CC)CCOC(=O)C(C1C=CCC1)C1C=CCCC1.Cl. The van der Waals surface area contributed by atoms with E-state index in [0.29, 0.717) is 18.4 Å². The summed E-state index contributed by atoms with van der Waals surface area (Å²) in [6, 6.07) is 0.